The maximum Gasteiger partial charge on any atom is 0.273 e. The van der Waals surface area contributed by atoms with Gasteiger partial charge >= 0.3 is 0 Å². The number of rotatable bonds is 5. The quantitative estimate of drug-likeness (QED) is 0.649. The Morgan fingerprint density at radius 2 is 1.91 bits per heavy atom. The maximum absolute atomic E-state index is 12.2. The molecule has 2 rings (SSSR count). The van der Waals surface area contributed by atoms with Crippen LogP contribution in [-0.2, 0) is 4.79 Å². The van der Waals surface area contributed by atoms with E-state index in [0.717, 1.165) is 25.7 Å². The van der Waals surface area contributed by atoms with Crippen LogP contribution in [-0.4, -0.2) is 18.4 Å². The molecule has 0 aliphatic heterocycles. The summed E-state index contributed by atoms with van der Waals surface area (Å²) in [6.45, 7) is 3.90. The monoisotopic (exact) mass is 302 g/mol. The standard InChI is InChI=1S/C17H22N2O3/c1-2-12-22-15-11-7-6-10-14(15)17(21)19-18-16(20)13-8-4-3-5-9-13/h2,6-7,10-11,13H,1,3-5,8-9,12H2,(H,18,20)(H,19,21). The fraction of sp³-hybridized carbons (Fsp3) is 0.412. The average molecular weight is 302 g/mol. The molecule has 1 fully saturated rings. The van der Waals surface area contributed by atoms with E-state index in [2.05, 4.69) is 17.4 Å². The van der Waals surface area contributed by atoms with Crippen LogP contribution in [0.25, 0.3) is 0 Å². The molecular weight excluding hydrogens is 280 g/mol. The van der Waals surface area contributed by atoms with Gasteiger partial charge in [-0.1, -0.05) is 44.1 Å². The van der Waals surface area contributed by atoms with Crippen LogP contribution in [0.3, 0.4) is 0 Å². The first-order valence-electron chi connectivity index (χ1n) is 7.65. The van der Waals surface area contributed by atoms with Gasteiger partial charge in [-0.15, -0.1) is 0 Å². The van der Waals surface area contributed by atoms with Gasteiger partial charge in [-0.05, 0) is 25.0 Å². The molecule has 1 aromatic carbocycles. The largest absolute Gasteiger partial charge is 0.489 e. The molecule has 0 heterocycles. The highest BCUT2D eigenvalue weighted by atomic mass is 16.5. The van der Waals surface area contributed by atoms with Crippen LogP contribution in [0.4, 0.5) is 0 Å². The zero-order valence-corrected chi connectivity index (χ0v) is 12.6. The molecule has 0 spiro atoms. The van der Waals surface area contributed by atoms with Gasteiger partial charge in [0.1, 0.15) is 12.4 Å². The summed E-state index contributed by atoms with van der Waals surface area (Å²) in [6, 6.07) is 6.90. The second-order valence-electron chi connectivity index (χ2n) is 5.37. The topological polar surface area (TPSA) is 67.4 Å². The molecule has 1 aliphatic rings. The van der Waals surface area contributed by atoms with Crippen LogP contribution in [0, 0.1) is 5.92 Å². The number of para-hydroxylation sites is 1. The van der Waals surface area contributed by atoms with Crippen molar-refractivity contribution in [1.29, 1.82) is 0 Å². The number of benzene rings is 1. The van der Waals surface area contributed by atoms with Crippen molar-refractivity contribution in [1.82, 2.24) is 10.9 Å². The summed E-state index contributed by atoms with van der Waals surface area (Å²) in [5.74, 6) is -0.0329. The Labute approximate surface area is 130 Å². The minimum atomic E-state index is -0.385. The van der Waals surface area contributed by atoms with Crippen molar-refractivity contribution in [3.8, 4) is 5.75 Å². The minimum absolute atomic E-state index is 0.00121. The molecule has 5 nitrogen and oxygen atoms in total. The molecule has 1 aromatic rings. The molecule has 0 radical (unpaired) electrons. The number of hydrogen-bond donors (Lipinski definition) is 2. The number of nitrogens with one attached hydrogen (secondary N) is 2. The molecule has 0 aromatic heterocycles. The highest BCUT2D eigenvalue weighted by Gasteiger charge is 2.21. The molecule has 0 saturated heterocycles. The van der Waals surface area contributed by atoms with Crippen LogP contribution in [0.5, 0.6) is 5.75 Å². The van der Waals surface area contributed by atoms with Gasteiger partial charge < -0.3 is 4.74 Å². The SMILES string of the molecule is C=CCOc1ccccc1C(=O)NNC(=O)C1CCCCC1. The van der Waals surface area contributed by atoms with Crippen molar-refractivity contribution in [2.45, 2.75) is 32.1 Å². The van der Waals surface area contributed by atoms with Gasteiger partial charge in [-0.25, -0.2) is 0 Å². The third kappa shape index (κ3) is 4.35. The summed E-state index contributed by atoms with van der Waals surface area (Å²) in [6.07, 6.45) is 6.72. The Morgan fingerprint density at radius 3 is 2.64 bits per heavy atom. The lowest BCUT2D eigenvalue weighted by Gasteiger charge is -2.21. The predicted molar refractivity (Wildman–Crippen MR) is 84.3 cm³/mol. The molecule has 2 N–H and O–H groups in total. The fourth-order valence-electron chi connectivity index (χ4n) is 2.58. The molecule has 2 amide bonds. The lowest BCUT2D eigenvalue weighted by molar-refractivity contribution is -0.126. The zero-order chi connectivity index (χ0) is 15.8. The van der Waals surface area contributed by atoms with Gasteiger partial charge in [0.2, 0.25) is 5.91 Å². The van der Waals surface area contributed by atoms with E-state index in [1.165, 1.54) is 6.42 Å². The summed E-state index contributed by atoms with van der Waals surface area (Å²) in [4.78, 5) is 24.2. The van der Waals surface area contributed by atoms with Crippen LogP contribution < -0.4 is 15.6 Å². The lowest BCUT2D eigenvalue weighted by Crippen LogP contribution is -2.45. The second kappa shape index (κ2) is 8.22. The van der Waals surface area contributed by atoms with E-state index in [1.807, 2.05) is 0 Å². The smallest absolute Gasteiger partial charge is 0.273 e. The highest BCUT2D eigenvalue weighted by molar-refractivity contribution is 5.98. The van der Waals surface area contributed by atoms with Gasteiger partial charge in [0.25, 0.3) is 5.91 Å². The van der Waals surface area contributed by atoms with Crippen molar-refractivity contribution in [3.63, 3.8) is 0 Å². The summed E-state index contributed by atoms with van der Waals surface area (Å²) >= 11 is 0. The highest BCUT2D eigenvalue weighted by Crippen LogP contribution is 2.23. The van der Waals surface area contributed by atoms with E-state index in [-0.39, 0.29) is 17.7 Å². The van der Waals surface area contributed by atoms with E-state index < -0.39 is 0 Å². The van der Waals surface area contributed by atoms with Crippen LogP contribution in [0.15, 0.2) is 36.9 Å². The molecule has 0 atom stereocenters. The van der Waals surface area contributed by atoms with E-state index in [9.17, 15) is 9.59 Å². The van der Waals surface area contributed by atoms with Gasteiger partial charge in [-0.2, -0.15) is 0 Å². The lowest BCUT2D eigenvalue weighted by atomic mass is 9.89. The first-order chi connectivity index (χ1) is 10.7. The second-order valence-corrected chi connectivity index (χ2v) is 5.37. The predicted octanol–water partition coefficient (Wildman–Crippen LogP) is 2.59. The van der Waals surface area contributed by atoms with Gasteiger partial charge in [0.15, 0.2) is 0 Å². The molecule has 5 heteroatoms. The Kier molecular flexibility index (Phi) is 6.01. The Bertz CT molecular complexity index is 536. The number of carbonyl (C=O) groups is 2. The van der Waals surface area contributed by atoms with Crippen molar-refractivity contribution in [2.24, 2.45) is 5.92 Å². The van der Waals surface area contributed by atoms with E-state index in [4.69, 9.17) is 4.74 Å². The van der Waals surface area contributed by atoms with Gasteiger partial charge in [0.05, 0.1) is 5.56 Å². The Balaban J connectivity index is 1.91. The van der Waals surface area contributed by atoms with Crippen molar-refractivity contribution < 1.29 is 14.3 Å². The van der Waals surface area contributed by atoms with Crippen LogP contribution in [0.2, 0.25) is 0 Å². The number of hydrogen-bond acceptors (Lipinski definition) is 3. The van der Waals surface area contributed by atoms with Gasteiger partial charge in [0, 0.05) is 5.92 Å². The third-order valence-corrected chi connectivity index (χ3v) is 3.76. The molecular formula is C17H22N2O3. The Hall–Kier alpha value is -2.30. The molecule has 22 heavy (non-hydrogen) atoms. The number of hydrazine groups is 1. The Morgan fingerprint density at radius 1 is 1.18 bits per heavy atom. The van der Waals surface area contributed by atoms with Crippen LogP contribution >= 0.6 is 0 Å². The average Bonchev–Trinajstić information content (AvgIpc) is 2.58. The van der Waals surface area contributed by atoms with Crippen molar-refractivity contribution in [2.75, 3.05) is 6.61 Å². The number of carbonyl (C=O) groups excluding carboxylic acids is 2. The van der Waals surface area contributed by atoms with Crippen molar-refractivity contribution >= 4 is 11.8 Å². The number of ether oxygens (including phenoxy) is 1. The molecule has 0 unspecified atom stereocenters. The van der Waals surface area contributed by atoms with E-state index in [0.29, 0.717) is 17.9 Å². The van der Waals surface area contributed by atoms with E-state index >= 15 is 0 Å². The molecule has 0 bridgehead atoms. The maximum atomic E-state index is 12.2. The summed E-state index contributed by atoms with van der Waals surface area (Å²) in [5, 5.41) is 0. The summed E-state index contributed by atoms with van der Waals surface area (Å²) in [5.41, 5.74) is 5.37. The normalized spacial score (nSPS) is 14.9. The van der Waals surface area contributed by atoms with Gasteiger partial charge in [-0.3, -0.25) is 20.4 Å². The van der Waals surface area contributed by atoms with E-state index in [1.54, 1.807) is 30.3 Å². The molecule has 118 valence electrons. The zero-order valence-electron chi connectivity index (χ0n) is 12.6. The fourth-order valence-corrected chi connectivity index (χ4v) is 2.58. The summed E-state index contributed by atoms with van der Waals surface area (Å²) < 4.78 is 5.44. The first-order valence-corrected chi connectivity index (χ1v) is 7.65. The molecule has 1 saturated carbocycles. The third-order valence-electron chi connectivity index (χ3n) is 3.76. The van der Waals surface area contributed by atoms with Crippen LogP contribution in [0.1, 0.15) is 42.5 Å². The minimum Gasteiger partial charge on any atom is -0.489 e. The molecule has 1 aliphatic carbocycles. The first kappa shape index (κ1) is 16.1. The summed E-state index contributed by atoms with van der Waals surface area (Å²) in [7, 11) is 0. The number of amides is 2. The van der Waals surface area contributed by atoms with Crippen molar-refractivity contribution in [3.05, 3.63) is 42.5 Å².